The van der Waals surface area contributed by atoms with Gasteiger partial charge >= 0.3 is 0 Å². The second kappa shape index (κ2) is 10.3. The van der Waals surface area contributed by atoms with Crippen molar-refractivity contribution in [2.24, 2.45) is 0 Å². The van der Waals surface area contributed by atoms with Crippen LogP contribution in [0.1, 0.15) is 27.9 Å². The van der Waals surface area contributed by atoms with E-state index in [0.29, 0.717) is 22.5 Å². The minimum absolute atomic E-state index is 0.0479. The molecule has 2 N–H and O–H groups in total. The third-order valence-electron chi connectivity index (χ3n) is 4.89. The molecule has 0 aliphatic carbocycles. The molecule has 0 spiro atoms. The number of anilines is 3. The van der Waals surface area contributed by atoms with Gasteiger partial charge in [0.1, 0.15) is 21.5 Å². The number of sulfone groups is 1. The van der Waals surface area contributed by atoms with Crippen LogP contribution in [0.5, 0.6) is 0 Å². The Labute approximate surface area is 200 Å². The van der Waals surface area contributed by atoms with E-state index < -0.39 is 33.2 Å². The summed E-state index contributed by atoms with van der Waals surface area (Å²) in [4.78, 5) is 25.2. The van der Waals surface area contributed by atoms with Crippen LogP contribution in [0.25, 0.3) is 0 Å². The van der Waals surface area contributed by atoms with Crippen molar-refractivity contribution in [1.82, 2.24) is 0 Å². The Balaban J connectivity index is 1.79. The summed E-state index contributed by atoms with van der Waals surface area (Å²) in [5, 5.41) is 5.48. The first-order valence-corrected chi connectivity index (χ1v) is 12.5. The van der Waals surface area contributed by atoms with Crippen molar-refractivity contribution >= 4 is 50.2 Å². The van der Waals surface area contributed by atoms with E-state index in [1.807, 2.05) is 0 Å². The lowest BCUT2D eigenvalue weighted by atomic mass is 9.98. The first kappa shape index (κ1) is 25.3. The maximum atomic E-state index is 13.9. The van der Waals surface area contributed by atoms with Gasteiger partial charge in [0.25, 0.3) is 0 Å². The third-order valence-corrected chi connectivity index (χ3v) is 6.15. The second-order valence-electron chi connectivity index (χ2n) is 7.73. The highest BCUT2D eigenvalue weighted by molar-refractivity contribution is 7.90. The number of carbonyl (C=O) groups excluding carboxylic acids is 2. The van der Waals surface area contributed by atoms with E-state index in [2.05, 4.69) is 10.6 Å². The summed E-state index contributed by atoms with van der Waals surface area (Å²) < 4.78 is 49.5. The first-order valence-electron chi connectivity index (χ1n) is 10.1. The zero-order valence-corrected chi connectivity index (χ0v) is 19.9. The Morgan fingerprint density at radius 1 is 0.941 bits per heavy atom. The van der Waals surface area contributed by atoms with Crippen LogP contribution in [0.15, 0.2) is 54.6 Å². The zero-order valence-electron chi connectivity index (χ0n) is 18.3. The van der Waals surface area contributed by atoms with Gasteiger partial charge in [0.15, 0.2) is 5.78 Å². The van der Waals surface area contributed by atoms with Gasteiger partial charge in [-0.3, -0.25) is 9.59 Å². The van der Waals surface area contributed by atoms with Gasteiger partial charge in [-0.25, -0.2) is 17.2 Å². The Morgan fingerprint density at radius 2 is 1.65 bits per heavy atom. The Bertz CT molecular complexity index is 1380. The lowest BCUT2D eigenvalue weighted by molar-refractivity contribution is -0.115. The second-order valence-corrected chi connectivity index (χ2v) is 10.4. The molecule has 0 aliphatic heterocycles. The van der Waals surface area contributed by atoms with Crippen LogP contribution in [0.4, 0.5) is 25.8 Å². The monoisotopic (exact) mass is 506 g/mol. The fourth-order valence-electron chi connectivity index (χ4n) is 3.11. The van der Waals surface area contributed by atoms with Gasteiger partial charge in [-0.2, -0.15) is 0 Å². The summed E-state index contributed by atoms with van der Waals surface area (Å²) in [6, 6.07) is 12.3. The number of hydrogen-bond acceptors (Lipinski definition) is 5. The number of carbonyl (C=O) groups is 2. The van der Waals surface area contributed by atoms with Gasteiger partial charge in [-0.1, -0.05) is 17.7 Å². The van der Waals surface area contributed by atoms with Crippen molar-refractivity contribution in [3.8, 4) is 0 Å². The molecular weight excluding hydrogens is 486 g/mol. The third kappa shape index (κ3) is 6.61. The molecule has 3 aromatic rings. The molecule has 0 fully saturated rings. The van der Waals surface area contributed by atoms with Crippen molar-refractivity contribution in [1.29, 1.82) is 0 Å². The summed E-state index contributed by atoms with van der Waals surface area (Å²) in [5.74, 6) is -2.65. The number of ketones is 1. The molecule has 3 rings (SSSR count). The molecule has 0 radical (unpaired) electrons. The molecule has 6 nitrogen and oxygen atoms in total. The van der Waals surface area contributed by atoms with Crippen LogP contribution in [-0.2, 0) is 14.6 Å². The quantitative estimate of drug-likeness (QED) is 0.406. The number of aryl methyl sites for hydroxylation is 1. The number of benzene rings is 3. The van der Waals surface area contributed by atoms with Crippen molar-refractivity contribution in [3.63, 3.8) is 0 Å². The van der Waals surface area contributed by atoms with E-state index in [-0.39, 0.29) is 28.4 Å². The average Bonchev–Trinajstić information content (AvgIpc) is 2.75. The summed E-state index contributed by atoms with van der Waals surface area (Å²) in [7, 11) is -3.28. The van der Waals surface area contributed by atoms with Crippen LogP contribution in [0.3, 0.4) is 0 Å². The van der Waals surface area contributed by atoms with Crippen molar-refractivity contribution in [2.75, 3.05) is 22.6 Å². The normalized spacial score (nSPS) is 11.2. The standard InChI is InChI=1S/C24H21ClF2N2O4S/c1-14-3-5-16(29-23(30)9-10-34(2,32)33)12-19(14)24(31)18-7-6-17(13-20(18)25)28-22-8-4-15(26)11-21(22)27/h3-8,11-13,28H,9-10H2,1-2H3,(H,29,30). The molecule has 0 saturated carbocycles. The van der Waals surface area contributed by atoms with Crippen molar-refractivity contribution in [3.05, 3.63) is 87.9 Å². The topological polar surface area (TPSA) is 92.3 Å². The Hall–Kier alpha value is -3.30. The summed E-state index contributed by atoms with van der Waals surface area (Å²) in [6.07, 6.45) is 0.842. The van der Waals surface area contributed by atoms with Crippen LogP contribution in [-0.4, -0.2) is 32.1 Å². The van der Waals surface area contributed by atoms with Gasteiger partial charge < -0.3 is 10.6 Å². The molecular formula is C24H21ClF2N2O4S. The zero-order chi connectivity index (χ0) is 25.0. The minimum atomic E-state index is -3.28. The van der Waals surface area contributed by atoms with Crippen molar-refractivity contribution in [2.45, 2.75) is 13.3 Å². The average molecular weight is 507 g/mol. The largest absolute Gasteiger partial charge is 0.353 e. The highest BCUT2D eigenvalue weighted by atomic mass is 35.5. The van der Waals surface area contributed by atoms with Gasteiger partial charge in [0, 0.05) is 41.2 Å². The van der Waals surface area contributed by atoms with Gasteiger partial charge in [-0.15, -0.1) is 0 Å². The van der Waals surface area contributed by atoms with Crippen LogP contribution >= 0.6 is 11.6 Å². The number of halogens is 3. The van der Waals surface area contributed by atoms with E-state index in [1.165, 1.54) is 30.3 Å². The Morgan fingerprint density at radius 3 is 2.29 bits per heavy atom. The van der Waals surface area contributed by atoms with Crippen LogP contribution < -0.4 is 10.6 Å². The number of nitrogens with one attached hydrogen (secondary N) is 2. The molecule has 34 heavy (non-hydrogen) atoms. The van der Waals surface area contributed by atoms with Gasteiger partial charge in [0.2, 0.25) is 5.91 Å². The summed E-state index contributed by atoms with van der Waals surface area (Å²) >= 11 is 6.32. The molecule has 10 heteroatoms. The SMILES string of the molecule is Cc1ccc(NC(=O)CCS(C)(=O)=O)cc1C(=O)c1ccc(Nc2ccc(F)cc2F)cc1Cl. The van der Waals surface area contributed by atoms with Gasteiger partial charge in [-0.05, 0) is 55.0 Å². The smallest absolute Gasteiger partial charge is 0.225 e. The summed E-state index contributed by atoms with van der Waals surface area (Å²) in [6.45, 7) is 1.73. The molecule has 0 unspecified atom stereocenters. The highest BCUT2D eigenvalue weighted by Crippen LogP contribution is 2.28. The highest BCUT2D eigenvalue weighted by Gasteiger charge is 2.17. The molecule has 0 saturated heterocycles. The van der Waals surface area contributed by atoms with Crippen molar-refractivity contribution < 1.29 is 26.8 Å². The van der Waals surface area contributed by atoms with E-state index >= 15 is 0 Å². The molecule has 0 aromatic heterocycles. The molecule has 0 aliphatic rings. The molecule has 0 heterocycles. The van der Waals surface area contributed by atoms with E-state index in [4.69, 9.17) is 11.6 Å². The molecule has 178 valence electrons. The lowest BCUT2D eigenvalue weighted by Gasteiger charge is -2.12. The van der Waals surface area contributed by atoms with E-state index in [0.717, 1.165) is 18.4 Å². The number of hydrogen-bond donors (Lipinski definition) is 2. The number of amides is 1. The molecule has 0 bridgehead atoms. The van der Waals surface area contributed by atoms with Crippen LogP contribution in [0.2, 0.25) is 5.02 Å². The summed E-state index contributed by atoms with van der Waals surface area (Å²) in [5.41, 5.74) is 1.92. The number of rotatable bonds is 8. The fraction of sp³-hybridized carbons (Fsp3) is 0.167. The fourth-order valence-corrected chi connectivity index (χ4v) is 3.94. The Kier molecular flexibility index (Phi) is 7.68. The first-order chi connectivity index (χ1) is 15.9. The lowest BCUT2D eigenvalue weighted by Crippen LogP contribution is -2.17. The molecule has 1 amide bonds. The maximum absolute atomic E-state index is 13.9. The van der Waals surface area contributed by atoms with Crippen LogP contribution in [0, 0.1) is 18.6 Å². The predicted octanol–water partition coefficient (Wildman–Crippen LogP) is 5.27. The molecule has 0 atom stereocenters. The van der Waals surface area contributed by atoms with E-state index in [9.17, 15) is 26.8 Å². The van der Waals surface area contributed by atoms with E-state index in [1.54, 1.807) is 19.1 Å². The van der Waals surface area contributed by atoms with Gasteiger partial charge in [0.05, 0.1) is 16.5 Å². The minimum Gasteiger partial charge on any atom is -0.353 e. The molecule has 3 aromatic carbocycles. The predicted molar refractivity (Wildman–Crippen MR) is 129 cm³/mol. The maximum Gasteiger partial charge on any atom is 0.225 e.